The molecule has 10 nitrogen and oxygen atoms in total. The number of aryl methyl sites for hydroxylation is 2. The van der Waals surface area contributed by atoms with E-state index in [-0.39, 0.29) is 38.1 Å². The van der Waals surface area contributed by atoms with Crippen LogP contribution in [0.5, 0.6) is 11.5 Å². The average molecular weight is 674 g/mol. The van der Waals surface area contributed by atoms with Gasteiger partial charge in [-0.15, -0.1) is 0 Å². The highest BCUT2D eigenvalue weighted by atomic mass is 35.5. The number of hydrogen-bond acceptors (Lipinski definition) is 5. The normalized spacial score (nSPS) is 18.8. The number of carboxylic acid groups (broad SMARTS) is 2. The fraction of sp³-hybridized carbons (Fsp3) is 0.378. The summed E-state index contributed by atoms with van der Waals surface area (Å²) in [7, 11) is 0. The fourth-order valence-electron chi connectivity index (χ4n) is 6.71. The van der Waals surface area contributed by atoms with Gasteiger partial charge in [0.25, 0.3) is 5.91 Å². The van der Waals surface area contributed by atoms with E-state index in [0.717, 1.165) is 40.7 Å². The van der Waals surface area contributed by atoms with Crippen molar-refractivity contribution in [1.29, 1.82) is 0 Å². The first-order chi connectivity index (χ1) is 23.1. The Labute approximate surface area is 285 Å². The first kappa shape index (κ1) is 33.2. The zero-order valence-corrected chi connectivity index (χ0v) is 27.9. The van der Waals surface area contributed by atoms with Gasteiger partial charge in [-0.3, -0.25) is 9.69 Å². The number of halogens is 1. The number of rotatable bonds is 11. The predicted molar refractivity (Wildman–Crippen MR) is 182 cm³/mol. The molecule has 2 N–H and O–H groups in total. The number of carbonyl (C=O) groups excluding carboxylic acids is 1. The summed E-state index contributed by atoms with van der Waals surface area (Å²) >= 11 is 6.33. The van der Waals surface area contributed by atoms with Gasteiger partial charge in [0, 0.05) is 31.2 Å². The summed E-state index contributed by atoms with van der Waals surface area (Å²) in [6.45, 7) is 4.99. The number of amides is 3. The molecular formula is C37H40ClN3O7. The molecule has 0 spiro atoms. The lowest BCUT2D eigenvalue weighted by Crippen LogP contribution is -2.65. The van der Waals surface area contributed by atoms with Crippen molar-refractivity contribution in [2.45, 2.75) is 57.7 Å². The van der Waals surface area contributed by atoms with Crippen LogP contribution in [0.25, 0.3) is 5.57 Å². The SMILES string of the molecule is Cc1cc(Cl)c(OCCOc2ccc(C3=C(C(=O)N(CCc4ccccc4)C4CC4)[C@H]4CN(C(=O)O)C[C@@H](C3)N4C(=O)O)cc2)cc1C. The number of piperazine rings is 1. The average Bonchev–Trinajstić information content (AvgIpc) is 3.90. The predicted octanol–water partition coefficient (Wildman–Crippen LogP) is 6.52. The summed E-state index contributed by atoms with van der Waals surface area (Å²) < 4.78 is 11.8. The molecule has 11 heteroatoms. The molecule has 3 aliphatic rings. The van der Waals surface area contributed by atoms with Crippen LogP contribution in [-0.4, -0.2) is 94.0 Å². The minimum absolute atomic E-state index is 0.0369. The van der Waals surface area contributed by atoms with Gasteiger partial charge in [-0.2, -0.15) is 0 Å². The summed E-state index contributed by atoms with van der Waals surface area (Å²) in [6, 6.07) is 19.7. The van der Waals surface area contributed by atoms with Crippen molar-refractivity contribution in [3.05, 3.63) is 99.6 Å². The van der Waals surface area contributed by atoms with E-state index in [0.29, 0.717) is 41.7 Å². The van der Waals surface area contributed by atoms with Crippen LogP contribution in [-0.2, 0) is 11.2 Å². The number of ether oxygens (including phenoxy) is 2. The second-order valence-corrected chi connectivity index (χ2v) is 13.1. The van der Waals surface area contributed by atoms with E-state index in [1.165, 1.54) is 9.80 Å². The van der Waals surface area contributed by atoms with E-state index in [2.05, 4.69) is 0 Å². The Kier molecular flexibility index (Phi) is 9.82. The minimum atomic E-state index is -1.16. The quantitative estimate of drug-likeness (QED) is 0.223. The Morgan fingerprint density at radius 3 is 2.25 bits per heavy atom. The van der Waals surface area contributed by atoms with Crippen molar-refractivity contribution in [3.63, 3.8) is 0 Å². The van der Waals surface area contributed by atoms with Crippen LogP contribution in [0.15, 0.2) is 72.3 Å². The number of carbonyl (C=O) groups is 3. The van der Waals surface area contributed by atoms with Crippen molar-refractivity contribution in [1.82, 2.24) is 14.7 Å². The van der Waals surface area contributed by atoms with Crippen molar-refractivity contribution in [2.75, 3.05) is 32.8 Å². The monoisotopic (exact) mass is 673 g/mol. The lowest BCUT2D eigenvalue weighted by atomic mass is 9.81. The fourth-order valence-corrected chi connectivity index (χ4v) is 6.99. The van der Waals surface area contributed by atoms with Crippen LogP contribution in [0, 0.1) is 13.8 Å². The maximum atomic E-state index is 14.6. The highest BCUT2D eigenvalue weighted by Crippen LogP contribution is 2.41. The molecule has 0 unspecified atom stereocenters. The van der Waals surface area contributed by atoms with E-state index < -0.39 is 24.3 Å². The summed E-state index contributed by atoms with van der Waals surface area (Å²) in [5, 5.41) is 20.7. The smallest absolute Gasteiger partial charge is 0.408 e. The molecule has 0 radical (unpaired) electrons. The molecular weight excluding hydrogens is 634 g/mol. The second kappa shape index (κ2) is 14.2. The largest absolute Gasteiger partial charge is 0.490 e. The van der Waals surface area contributed by atoms with Crippen LogP contribution >= 0.6 is 11.6 Å². The highest BCUT2D eigenvalue weighted by Gasteiger charge is 2.49. The van der Waals surface area contributed by atoms with E-state index in [4.69, 9.17) is 21.1 Å². The van der Waals surface area contributed by atoms with Gasteiger partial charge in [0.05, 0.1) is 17.1 Å². The molecule has 3 aromatic rings. The summed E-state index contributed by atoms with van der Waals surface area (Å²) in [4.78, 5) is 43.6. The van der Waals surface area contributed by atoms with Gasteiger partial charge in [0.15, 0.2) is 0 Å². The lowest BCUT2D eigenvalue weighted by molar-refractivity contribution is -0.128. The zero-order valence-electron chi connectivity index (χ0n) is 27.1. The van der Waals surface area contributed by atoms with Gasteiger partial charge < -0.3 is 29.5 Å². The summed E-state index contributed by atoms with van der Waals surface area (Å²) in [6.07, 6.45) is 0.357. The van der Waals surface area contributed by atoms with Crippen molar-refractivity contribution >= 4 is 35.3 Å². The molecule has 252 valence electrons. The van der Waals surface area contributed by atoms with E-state index in [1.807, 2.05) is 85.5 Å². The molecule has 3 amide bonds. The molecule has 1 aliphatic carbocycles. The topological polar surface area (TPSA) is 120 Å². The third-order valence-corrected chi connectivity index (χ3v) is 9.76. The molecule has 6 rings (SSSR count). The highest BCUT2D eigenvalue weighted by molar-refractivity contribution is 6.32. The van der Waals surface area contributed by atoms with Gasteiger partial charge in [-0.25, -0.2) is 9.59 Å². The summed E-state index contributed by atoms with van der Waals surface area (Å²) in [5.41, 5.74) is 5.17. The molecule has 3 aromatic carbocycles. The first-order valence-corrected chi connectivity index (χ1v) is 16.7. The van der Waals surface area contributed by atoms with Crippen LogP contribution in [0.3, 0.4) is 0 Å². The first-order valence-electron chi connectivity index (χ1n) is 16.3. The Morgan fingerprint density at radius 1 is 0.896 bits per heavy atom. The van der Waals surface area contributed by atoms with Crippen LogP contribution in [0.1, 0.15) is 41.5 Å². The molecule has 0 aromatic heterocycles. The van der Waals surface area contributed by atoms with Crippen LogP contribution in [0.2, 0.25) is 5.02 Å². The third-order valence-electron chi connectivity index (χ3n) is 9.47. The molecule has 2 aliphatic heterocycles. The van der Waals surface area contributed by atoms with Gasteiger partial charge in [-0.05, 0) is 91.6 Å². The summed E-state index contributed by atoms with van der Waals surface area (Å²) in [5.74, 6) is 0.990. The van der Waals surface area contributed by atoms with Crippen LogP contribution in [0.4, 0.5) is 9.59 Å². The Hall–Kier alpha value is -4.70. The van der Waals surface area contributed by atoms with Crippen LogP contribution < -0.4 is 9.47 Å². The van der Waals surface area contributed by atoms with Gasteiger partial charge >= 0.3 is 12.2 Å². The number of nitrogens with zero attached hydrogens (tertiary/aromatic N) is 3. The third kappa shape index (κ3) is 7.23. The van der Waals surface area contributed by atoms with Gasteiger partial charge in [-0.1, -0.05) is 54.1 Å². The molecule has 2 bridgehead atoms. The number of hydrogen-bond donors (Lipinski definition) is 2. The molecule has 2 heterocycles. The van der Waals surface area contributed by atoms with Crippen molar-refractivity contribution < 1.29 is 34.1 Å². The van der Waals surface area contributed by atoms with E-state index >= 15 is 0 Å². The molecule has 2 fully saturated rings. The lowest BCUT2D eigenvalue weighted by Gasteiger charge is -2.49. The Balaban J connectivity index is 1.25. The van der Waals surface area contributed by atoms with Gasteiger partial charge in [0.2, 0.25) is 0 Å². The van der Waals surface area contributed by atoms with Crippen molar-refractivity contribution in [3.8, 4) is 11.5 Å². The zero-order chi connectivity index (χ0) is 33.9. The second-order valence-electron chi connectivity index (χ2n) is 12.7. The minimum Gasteiger partial charge on any atom is -0.490 e. The molecule has 1 saturated heterocycles. The molecule has 48 heavy (non-hydrogen) atoms. The number of benzene rings is 3. The molecule has 1 saturated carbocycles. The standard InChI is InChI=1S/C37H40ClN3O7/c1-23-18-31(38)33(19-24(23)2)48-17-16-47-29-12-8-26(9-13-29)30-20-28-21-39(36(43)44)22-32(41(28)37(45)46)34(30)35(42)40(27-10-11-27)15-14-25-6-4-3-5-7-25/h3-9,12-13,18-19,27-28,32H,10-11,14-17,20-22H2,1-2H3,(H,43,44)(H,45,46)/t28-,32-/m1/s1. The Morgan fingerprint density at radius 2 is 1.58 bits per heavy atom. The maximum absolute atomic E-state index is 14.6. The van der Waals surface area contributed by atoms with E-state index in [9.17, 15) is 24.6 Å². The number of fused-ring (bicyclic) bond motifs is 2. The van der Waals surface area contributed by atoms with E-state index in [1.54, 1.807) is 0 Å². The Bertz CT molecular complexity index is 1710. The van der Waals surface area contributed by atoms with Crippen molar-refractivity contribution in [2.24, 2.45) is 0 Å². The molecule has 2 atom stereocenters. The van der Waals surface area contributed by atoms with Gasteiger partial charge in [0.1, 0.15) is 24.7 Å². The maximum Gasteiger partial charge on any atom is 0.408 e.